The Balaban J connectivity index is 1.70. The minimum Gasteiger partial charge on any atom is -0.464 e. The summed E-state index contributed by atoms with van der Waals surface area (Å²) >= 11 is 0. The van der Waals surface area contributed by atoms with Crippen LogP contribution in [0.5, 0.6) is 0 Å². The number of aromatic nitrogens is 1. The normalized spacial score (nSPS) is 17.7. The second kappa shape index (κ2) is 11.2. The predicted molar refractivity (Wildman–Crippen MR) is 138 cm³/mol. The van der Waals surface area contributed by atoms with Gasteiger partial charge in [-0.05, 0) is 63.9 Å². The van der Waals surface area contributed by atoms with Gasteiger partial charge in [0, 0.05) is 37.0 Å². The molecule has 1 aliphatic carbocycles. The number of nitrogens with zero attached hydrogens (tertiary/aromatic N) is 3. The number of hydrogen-bond donors (Lipinski definition) is 2. The lowest BCUT2D eigenvalue weighted by Crippen LogP contribution is -2.40. The number of halogens is 1. The van der Waals surface area contributed by atoms with Crippen LogP contribution in [0.15, 0.2) is 36.4 Å². The van der Waals surface area contributed by atoms with Gasteiger partial charge in [-0.3, -0.25) is 0 Å². The Hall–Kier alpha value is -3.00. The molecule has 2 aromatic rings. The van der Waals surface area contributed by atoms with Crippen molar-refractivity contribution in [2.45, 2.75) is 38.3 Å². The second-order valence-corrected chi connectivity index (χ2v) is 9.88. The van der Waals surface area contributed by atoms with Crippen molar-refractivity contribution >= 4 is 28.9 Å². The standard InChI is InChI=1S/C27H36FN5O2/c1-32(2)17-21(28)18-12-14-33(15-13-18)23-16-22(27(34)35-3)31-26(30-20-10-5-4-6-11-20)24(23)25(29)19-8-7-9-19/h4-6,10-11,16,18-19,21,29H,7-9,12-15,17H2,1-3H3,(H,30,31)/t21-/m1/s1. The van der Waals surface area contributed by atoms with E-state index in [-0.39, 0.29) is 17.5 Å². The van der Waals surface area contributed by atoms with Gasteiger partial charge in [0.25, 0.3) is 0 Å². The highest BCUT2D eigenvalue weighted by molar-refractivity contribution is 6.10. The summed E-state index contributed by atoms with van der Waals surface area (Å²) in [7, 11) is 5.13. The third-order valence-electron chi connectivity index (χ3n) is 7.14. The highest BCUT2D eigenvalue weighted by Gasteiger charge is 2.33. The Bertz CT molecular complexity index is 1030. The molecule has 0 unspecified atom stereocenters. The number of piperidine rings is 1. The molecule has 0 bridgehead atoms. The van der Waals surface area contributed by atoms with E-state index in [1.54, 1.807) is 6.07 Å². The van der Waals surface area contributed by atoms with Crippen molar-refractivity contribution < 1.29 is 13.9 Å². The van der Waals surface area contributed by atoms with Crippen LogP contribution in [0.2, 0.25) is 0 Å². The van der Waals surface area contributed by atoms with Gasteiger partial charge in [0.05, 0.1) is 18.4 Å². The number of carbonyl (C=O) groups excluding carboxylic acids is 1. The lowest BCUT2D eigenvalue weighted by atomic mass is 9.78. The van der Waals surface area contributed by atoms with Gasteiger partial charge >= 0.3 is 5.97 Å². The van der Waals surface area contributed by atoms with Crippen LogP contribution < -0.4 is 10.2 Å². The fourth-order valence-electron chi connectivity index (χ4n) is 4.91. The average molecular weight is 482 g/mol. The molecule has 0 spiro atoms. The van der Waals surface area contributed by atoms with Crippen LogP contribution in [0, 0.1) is 17.2 Å². The van der Waals surface area contributed by atoms with Crippen molar-refractivity contribution in [2.24, 2.45) is 11.8 Å². The molecule has 1 aromatic heterocycles. The average Bonchev–Trinajstić information content (AvgIpc) is 2.82. The SMILES string of the molecule is COC(=O)c1cc(N2CCC([C@H](F)CN(C)C)CC2)c(C(=N)C2CCC2)c(Nc2ccccc2)n1. The summed E-state index contributed by atoms with van der Waals surface area (Å²) in [5, 5.41) is 12.4. The Kier molecular flexibility index (Phi) is 8.00. The quantitative estimate of drug-likeness (QED) is 0.392. The topological polar surface area (TPSA) is 81.5 Å². The van der Waals surface area contributed by atoms with Gasteiger partial charge in [-0.15, -0.1) is 0 Å². The van der Waals surface area contributed by atoms with E-state index in [4.69, 9.17) is 10.1 Å². The summed E-state index contributed by atoms with van der Waals surface area (Å²) in [5.74, 6) is 0.161. The summed E-state index contributed by atoms with van der Waals surface area (Å²) in [6, 6.07) is 11.4. The van der Waals surface area contributed by atoms with E-state index in [9.17, 15) is 9.18 Å². The first-order chi connectivity index (χ1) is 16.9. The molecule has 2 heterocycles. The largest absolute Gasteiger partial charge is 0.464 e. The molecule has 0 amide bonds. The van der Waals surface area contributed by atoms with E-state index in [1.807, 2.05) is 49.3 Å². The molecule has 1 saturated heterocycles. The number of anilines is 3. The van der Waals surface area contributed by atoms with Crippen LogP contribution in [0.4, 0.5) is 21.6 Å². The third kappa shape index (κ3) is 5.81. The summed E-state index contributed by atoms with van der Waals surface area (Å²) < 4.78 is 19.8. The molecule has 2 N–H and O–H groups in total. The van der Waals surface area contributed by atoms with E-state index in [0.29, 0.717) is 31.2 Å². The number of nitrogens with one attached hydrogen (secondary N) is 2. The zero-order chi connectivity index (χ0) is 24.9. The molecule has 1 atom stereocenters. The summed E-state index contributed by atoms with van der Waals surface area (Å²) in [6.07, 6.45) is 3.67. The van der Waals surface area contributed by atoms with Gasteiger partial charge in [0.1, 0.15) is 12.0 Å². The van der Waals surface area contributed by atoms with E-state index < -0.39 is 12.1 Å². The van der Waals surface area contributed by atoms with Crippen LogP contribution in [-0.2, 0) is 4.74 Å². The van der Waals surface area contributed by atoms with Gasteiger partial charge in [-0.25, -0.2) is 14.2 Å². The Morgan fingerprint density at radius 3 is 2.49 bits per heavy atom. The molecular formula is C27H36FN5O2. The number of carbonyl (C=O) groups is 1. The van der Waals surface area contributed by atoms with Crippen LogP contribution >= 0.6 is 0 Å². The third-order valence-corrected chi connectivity index (χ3v) is 7.14. The molecule has 8 heteroatoms. The van der Waals surface area contributed by atoms with Crippen molar-refractivity contribution in [3.63, 3.8) is 0 Å². The fourth-order valence-corrected chi connectivity index (χ4v) is 4.91. The summed E-state index contributed by atoms with van der Waals surface area (Å²) in [5.41, 5.74) is 3.11. The van der Waals surface area contributed by atoms with E-state index in [1.165, 1.54) is 7.11 Å². The lowest BCUT2D eigenvalue weighted by Gasteiger charge is -2.38. The van der Waals surface area contributed by atoms with Crippen molar-refractivity contribution in [1.82, 2.24) is 9.88 Å². The number of ether oxygens (including phenoxy) is 1. The number of para-hydroxylation sites is 1. The molecule has 1 saturated carbocycles. The minimum atomic E-state index is -0.863. The lowest BCUT2D eigenvalue weighted by molar-refractivity contribution is 0.0594. The first kappa shape index (κ1) is 25.1. The molecule has 35 heavy (non-hydrogen) atoms. The molecule has 0 radical (unpaired) electrons. The number of methoxy groups -OCH3 is 1. The van der Waals surface area contributed by atoms with E-state index >= 15 is 0 Å². The van der Waals surface area contributed by atoms with Gasteiger partial charge in [0.2, 0.25) is 0 Å². The Morgan fingerprint density at radius 2 is 1.91 bits per heavy atom. The molecule has 1 aromatic carbocycles. The Morgan fingerprint density at radius 1 is 1.23 bits per heavy atom. The van der Waals surface area contributed by atoms with Crippen molar-refractivity contribution in [1.29, 1.82) is 5.41 Å². The predicted octanol–water partition coefficient (Wildman–Crippen LogP) is 4.90. The van der Waals surface area contributed by atoms with E-state index in [2.05, 4.69) is 15.2 Å². The van der Waals surface area contributed by atoms with Gasteiger partial charge < -0.3 is 25.3 Å². The molecule has 7 nitrogen and oxygen atoms in total. The zero-order valence-electron chi connectivity index (χ0n) is 20.9. The minimum absolute atomic E-state index is 0.00649. The molecule has 4 rings (SSSR count). The highest BCUT2D eigenvalue weighted by Crippen LogP contribution is 2.39. The number of esters is 1. The first-order valence-electron chi connectivity index (χ1n) is 12.4. The van der Waals surface area contributed by atoms with Crippen molar-refractivity contribution in [2.75, 3.05) is 51.1 Å². The van der Waals surface area contributed by atoms with Crippen LogP contribution in [-0.4, -0.2) is 68.6 Å². The summed E-state index contributed by atoms with van der Waals surface area (Å²) in [4.78, 5) is 21.2. The Labute approximate surface area is 207 Å². The van der Waals surface area contributed by atoms with Crippen LogP contribution in [0.25, 0.3) is 0 Å². The number of pyridine rings is 1. The highest BCUT2D eigenvalue weighted by atomic mass is 19.1. The second-order valence-electron chi connectivity index (χ2n) is 9.88. The fraction of sp³-hybridized carbons (Fsp3) is 0.519. The summed E-state index contributed by atoms with van der Waals surface area (Å²) in [6.45, 7) is 1.76. The van der Waals surface area contributed by atoms with Gasteiger partial charge in [-0.2, -0.15) is 0 Å². The maximum Gasteiger partial charge on any atom is 0.356 e. The van der Waals surface area contributed by atoms with Gasteiger partial charge in [-0.1, -0.05) is 24.6 Å². The molecule has 2 fully saturated rings. The van der Waals surface area contributed by atoms with E-state index in [0.717, 1.165) is 49.0 Å². The molecule has 188 valence electrons. The smallest absolute Gasteiger partial charge is 0.356 e. The monoisotopic (exact) mass is 481 g/mol. The molecule has 1 aliphatic heterocycles. The molecule has 2 aliphatic rings. The maximum absolute atomic E-state index is 14.8. The molecular weight excluding hydrogens is 445 g/mol. The van der Waals surface area contributed by atoms with Crippen LogP contribution in [0.1, 0.15) is 48.2 Å². The van der Waals surface area contributed by atoms with Crippen LogP contribution in [0.3, 0.4) is 0 Å². The van der Waals surface area contributed by atoms with Gasteiger partial charge in [0.15, 0.2) is 5.69 Å². The number of benzene rings is 1. The number of alkyl halides is 1. The van der Waals surface area contributed by atoms with Crippen molar-refractivity contribution in [3.8, 4) is 0 Å². The van der Waals surface area contributed by atoms with Crippen molar-refractivity contribution in [3.05, 3.63) is 47.7 Å². The first-order valence-corrected chi connectivity index (χ1v) is 12.4. The number of hydrogen-bond acceptors (Lipinski definition) is 7. The number of rotatable bonds is 9. The zero-order valence-corrected chi connectivity index (χ0v) is 20.9. The maximum atomic E-state index is 14.8.